The van der Waals surface area contributed by atoms with Crippen LogP contribution in [0.25, 0.3) is 11.5 Å². The molecule has 1 aromatic heterocycles. The molecule has 0 fully saturated rings. The summed E-state index contributed by atoms with van der Waals surface area (Å²) in [4.78, 5) is 3.93. The first-order valence-electron chi connectivity index (χ1n) is 3.61. The molecule has 0 aliphatic rings. The maximum Gasteiger partial charge on any atom is 0.261 e. The highest BCUT2D eigenvalue weighted by Gasteiger charge is 2.11. The summed E-state index contributed by atoms with van der Waals surface area (Å²) in [5.74, 6) is -0.196. The van der Waals surface area contributed by atoms with Gasteiger partial charge in [0.2, 0.25) is 3.83 Å². The van der Waals surface area contributed by atoms with E-state index in [1.165, 1.54) is 6.07 Å². The van der Waals surface area contributed by atoms with Gasteiger partial charge in [0.25, 0.3) is 5.89 Å². The molecule has 0 radical (unpaired) electrons. The minimum absolute atomic E-state index is 0.194. The summed E-state index contributed by atoms with van der Waals surface area (Å²) in [5.41, 5.74) is 0.309. The molecule has 3 nitrogen and oxygen atoms in total. The lowest BCUT2D eigenvalue weighted by atomic mass is 10.2. The lowest BCUT2D eigenvalue weighted by Gasteiger charge is -1.96. The molecule has 0 aliphatic heterocycles. The number of hydrogen-bond donors (Lipinski definition) is 0. The molecule has 1 aromatic carbocycles. The van der Waals surface area contributed by atoms with Crippen molar-refractivity contribution in [1.29, 1.82) is 0 Å². The highest BCUT2D eigenvalue weighted by atomic mass is 127. The number of halogens is 3. The van der Waals surface area contributed by atoms with Crippen LogP contribution in [0.3, 0.4) is 0 Å². The fourth-order valence-corrected chi connectivity index (χ4v) is 1.63. The molecule has 0 saturated carbocycles. The first-order valence-corrected chi connectivity index (χ1v) is 5.48. The lowest BCUT2D eigenvalue weighted by Crippen LogP contribution is -1.84. The number of aromatic nitrogens is 2. The molecule has 0 amide bonds. The topological polar surface area (TPSA) is 38.9 Å². The van der Waals surface area contributed by atoms with Crippen LogP contribution in [-0.4, -0.2) is 10.1 Å². The van der Waals surface area contributed by atoms with E-state index in [2.05, 4.69) is 26.1 Å². The van der Waals surface area contributed by atoms with Gasteiger partial charge in [-0.05, 0) is 18.2 Å². The summed E-state index contributed by atoms with van der Waals surface area (Å²) >= 11 is 5.06. The Bertz CT molecular complexity index is 474. The molecule has 0 N–H and O–H groups in total. The summed E-state index contributed by atoms with van der Waals surface area (Å²) in [5, 5.41) is 3.58. The minimum atomic E-state index is -0.389. The van der Waals surface area contributed by atoms with Gasteiger partial charge in [-0.15, -0.1) is 0 Å². The Morgan fingerprint density at radius 3 is 2.79 bits per heavy atom. The molecule has 2 aromatic rings. The van der Waals surface area contributed by atoms with E-state index in [-0.39, 0.29) is 11.7 Å². The Morgan fingerprint density at radius 1 is 1.43 bits per heavy atom. The van der Waals surface area contributed by atoms with Crippen molar-refractivity contribution in [2.45, 2.75) is 0 Å². The van der Waals surface area contributed by atoms with Crippen LogP contribution < -0.4 is 0 Å². The zero-order chi connectivity index (χ0) is 10.1. The van der Waals surface area contributed by atoms with Crippen molar-refractivity contribution in [3.63, 3.8) is 0 Å². The molecule has 0 aliphatic carbocycles. The van der Waals surface area contributed by atoms with E-state index in [0.29, 0.717) is 13.9 Å². The zero-order valence-corrected chi connectivity index (χ0v) is 10.4. The zero-order valence-electron chi connectivity index (χ0n) is 6.67. The molecule has 14 heavy (non-hydrogen) atoms. The molecule has 0 spiro atoms. The monoisotopic (exact) mass is 368 g/mol. The third-order valence-electron chi connectivity index (χ3n) is 1.56. The van der Waals surface area contributed by atoms with E-state index in [4.69, 9.17) is 4.52 Å². The molecule has 6 heteroatoms. The molecule has 2 rings (SSSR count). The predicted molar refractivity (Wildman–Crippen MR) is 60.1 cm³/mol. The number of benzene rings is 1. The summed E-state index contributed by atoms with van der Waals surface area (Å²) in [6.07, 6.45) is 0. The predicted octanol–water partition coefficient (Wildman–Crippen LogP) is 3.24. The van der Waals surface area contributed by atoms with Crippen molar-refractivity contribution in [2.24, 2.45) is 0 Å². The Morgan fingerprint density at radius 2 is 2.21 bits per heavy atom. The summed E-state index contributed by atoms with van der Waals surface area (Å²) < 4.78 is 19.4. The van der Waals surface area contributed by atoms with E-state index in [0.717, 1.165) is 0 Å². The van der Waals surface area contributed by atoms with Gasteiger partial charge in [-0.2, -0.15) is 4.98 Å². The van der Waals surface area contributed by atoms with Gasteiger partial charge in [0.1, 0.15) is 5.82 Å². The van der Waals surface area contributed by atoms with Crippen LogP contribution >= 0.6 is 38.5 Å². The van der Waals surface area contributed by atoms with E-state index < -0.39 is 0 Å². The van der Waals surface area contributed by atoms with E-state index >= 15 is 0 Å². The second-order valence-electron chi connectivity index (χ2n) is 2.49. The molecular weight excluding hydrogens is 366 g/mol. The maximum absolute atomic E-state index is 13.4. The smallest absolute Gasteiger partial charge is 0.261 e. The molecule has 1 heterocycles. The normalized spacial score (nSPS) is 10.5. The van der Waals surface area contributed by atoms with Gasteiger partial charge in [-0.25, -0.2) is 4.39 Å². The van der Waals surface area contributed by atoms with Gasteiger partial charge in [0.15, 0.2) is 0 Å². The minimum Gasteiger partial charge on any atom is -0.333 e. The SMILES string of the molecule is Fc1cc(Br)ccc1-c1nc(I)no1. The highest BCUT2D eigenvalue weighted by Crippen LogP contribution is 2.24. The lowest BCUT2D eigenvalue weighted by molar-refractivity contribution is 0.423. The average molecular weight is 369 g/mol. The standard InChI is InChI=1S/C8H3BrFIN2O/c9-4-1-2-5(6(10)3-4)7-12-8(11)13-14-7/h1-3H. The largest absolute Gasteiger partial charge is 0.333 e. The van der Waals surface area contributed by atoms with Crippen molar-refractivity contribution in [3.05, 3.63) is 32.3 Å². The van der Waals surface area contributed by atoms with Crippen molar-refractivity contribution in [3.8, 4) is 11.5 Å². The van der Waals surface area contributed by atoms with Gasteiger partial charge in [0, 0.05) is 27.1 Å². The Hall–Kier alpha value is -0.500. The van der Waals surface area contributed by atoms with Gasteiger partial charge >= 0.3 is 0 Å². The average Bonchev–Trinajstić information content (AvgIpc) is 2.51. The summed E-state index contributed by atoms with van der Waals surface area (Å²) in [7, 11) is 0. The third-order valence-corrected chi connectivity index (χ3v) is 2.49. The fourth-order valence-electron chi connectivity index (χ4n) is 0.978. The van der Waals surface area contributed by atoms with Crippen molar-refractivity contribution in [2.75, 3.05) is 0 Å². The Labute approximate surface area is 101 Å². The molecule has 0 atom stereocenters. The fraction of sp³-hybridized carbons (Fsp3) is 0. The summed E-state index contributed by atoms with van der Waals surface area (Å²) in [6.45, 7) is 0. The van der Waals surface area contributed by atoms with Crippen LogP contribution in [0, 0.1) is 9.65 Å². The molecule has 72 valence electrons. The maximum atomic E-state index is 13.4. The van der Waals surface area contributed by atoms with Crippen LogP contribution in [-0.2, 0) is 0 Å². The van der Waals surface area contributed by atoms with Crippen LogP contribution in [0.5, 0.6) is 0 Å². The van der Waals surface area contributed by atoms with Gasteiger partial charge in [-0.3, -0.25) is 0 Å². The van der Waals surface area contributed by atoms with Gasteiger partial charge in [0.05, 0.1) is 5.56 Å². The Kier molecular flexibility index (Phi) is 2.82. The first kappa shape index (κ1) is 10.0. The van der Waals surface area contributed by atoms with Gasteiger partial charge in [-0.1, -0.05) is 21.1 Å². The molecular formula is C8H3BrFIN2O. The van der Waals surface area contributed by atoms with Crippen molar-refractivity contribution in [1.82, 2.24) is 10.1 Å². The molecule has 0 bridgehead atoms. The highest BCUT2D eigenvalue weighted by molar-refractivity contribution is 14.1. The second-order valence-corrected chi connectivity index (χ2v) is 4.37. The van der Waals surface area contributed by atoms with E-state index in [9.17, 15) is 4.39 Å². The van der Waals surface area contributed by atoms with Crippen molar-refractivity contribution < 1.29 is 8.91 Å². The second kappa shape index (κ2) is 3.93. The number of rotatable bonds is 1. The van der Waals surface area contributed by atoms with Crippen LogP contribution in [0.4, 0.5) is 4.39 Å². The molecule has 0 unspecified atom stereocenters. The van der Waals surface area contributed by atoms with Crippen LogP contribution in [0.15, 0.2) is 27.2 Å². The summed E-state index contributed by atoms with van der Waals surface area (Å²) in [6, 6.07) is 4.66. The van der Waals surface area contributed by atoms with E-state index in [1.54, 1.807) is 12.1 Å². The van der Waals surface area contributed by atoms with Crippen LogP contribution in [0.2, 0.25) is 0 Å². The first-order chi connectivity index (χ1) is 6.66. The van der Waals surface area contributed by atoms with E-state index in [1.807, 2.05) is 22.6 Å². The quantitative estimate of drug-likeness (QED) is 0.725. The number of nitrogens with zero attached hydrogens (tertiary/aromatic N) is 2. The number of hydrogen-bond acceptors (Lipinski definition) is 3. The molecule has 0 saturated heterocycles. The van der Waals surface area contributed by atoms with Crippen molar-refractivity contribution >= 4 is 38.5 Å². The Balaban J connectivity index is 2.52. The van der Waals surface area contributed by atoms with Gasteiger partial charge < -0.3 is 4.52 Å². The third kappa shape index (κ3) is 1.95. The van der Waals surface area contributed by atoms with Crippen LogP contribution in [0.1, 0.15) is 0 Å².